The molecule has 1 aliphatic rings. The van der Waals surface area contributed by atoms with Crippen LogP contribution in [-0.4, -0.2) is 35.2 Å². The summed E-state index contributed by atoms with van der Waals surface area (Å²) in [6.45, 7) is 11.6. The van der Waals surface area contributed by atoms with Gasteiger partial charge in [-0.15, -0.1) is 0 Å². The highest BCUT2D eigenvalue weighted by Gasteiger charge is 2.31. The van der Waals surface area contributed by atoms with Gasteiger partial charge >= 0.3 is 0 Å². The first-order valence-electron chi connectivity index (χ1n) is 6.29. The minimum absolute atomic E-state index is 0.484. The Morgan fingerprint density at radius 1 is 1.40 bits per heavy atom. The van der Waals surface area contributed by atoms with E-state index in [0.717, 1.165) is 19.6 Å². The lowest BCUT2D eigenvalue weighted by molar-refractivity contribution is 0.00333. The quantitative estimate of drug-likeness (QED) is 0.776. The standard InChI is InChI=1S/C13H27NO/c1-5-7-13(4)8-6-9-14(11-13)10-12(2,3)15/h15H,5-11H2,1-4H3. The second-order valence-corrected chi connectivity index (χ2v) is 6.19. The normalized spacial score (nSPS) is 29.4. The fraction of sp³-hybridized carbons (Fsp3) is 1.00. The van der Waals surface area contributed by atoms with Crippen molar-refractivity contribution in [3.05, 3.63) is 0 Å². The van der Waals surface area contributed by atoms with Crippen LogP contribution in [0.1, 0.15) is 53.4 Å². The van der Waals surface area contributed by atoms with Gasteiger partial charge in [-0.3, -0.25) is 4.90 Å². The maximum Gasteiger partial charge on any atom is 0.0718 e. The van der Waals surface area contributed by atoms with Crippen LogP contribution in [-0.2, 0) is 0 Å². The molecule has 0 aromatic carbocycles. The molecule has 0 amide bonds. The zero-order valence-electron chi connectivity index (χ0n) is 10.8. The average Bonchev–Trinajstić information content (AvgIpc) is 1.99. The first-order chi connectivity index (χ1) is 6.85. The van der Waals surface area contributed by atoms with E-state index in [9.17, 15) is 5.11 Å². The van der Waals surface area contributed by atoms with Gasteiger partial charge in [-0.25, -0.2) is 0 Å². The summed E-state index contributed by atoms with van der Waals surface area (Å²) in [5.41, 5.74) is -0.0668. The van der Waals surface area contributed by atoms with Gasteiger partial charge in [0, 0.05) is 13.1 Å². The first-order valence-corrected chi connectivity index (χ1v) is 6.29. The van der Waals surface area contributed by atoms with Crippen LogP contribution in [0.25, 0.3) is 0 Å². The fourth-order valence-electron chi connectivity index (χ4n) is 2.92. The second kappa shape index (κ2) is 4.84. The average molecular weight is 213 g/mol. The van der Waals surface area contributed by atoms with Crippen molar-refractivity contribution in [3.8, 4) is 0 Å². The zero-order chi connectivity index (χ0) is 11.5. The van der Waals surface area contributed by atoms with Crippen LogP contribution in [0.4, 0.5) is 0 Å². The molecule has 15 heavy (non-hydrogen) atoms. The molecule has 0 radical (unpaired) electrons. The molecule has 0 aliphatic carbocycles. The summed E-state index contributed by atoms with van der Waals surface area (Å²) in [7, 11) is 0. The van der Waals surface area contributed by atoms with E-state index in [0.29, 0.717) is 5.41 Å². The smallest absolute Gasteiger partial charge is 0.0718 e. The summed E-state index contributed by atoms with van der Waals surface area (Å²) in [6, 6.07) is 0. The summed E-state index contributed by atoms with van der Waals surface area (Å²) in [5.74, 6) is 0. The van der Waals surface area contributed by atoms with Gasteiger partial charge in [0.1, 0.15) is 0 Å². The Balaban J connectivity index is 2.48. The largest absolute Gasteiger partial charge is 0.389 e. The fourth-order valence-corrected chi connectivity index (χ4v) is 2.92. The molecule has 0 aromatic heterocycles. The van der Waals surface area contributed by atoms with Crippen molar-refractivity contribution in [3.63, 3.8) is 0 Å². The van der Waals surface area contributed by atoms with Crippen molar-refractivity contribution in [1.29, 1.82) is 0 Å². The Hall–Kier alpha value is -0.0800. The molecular weight excluding hydrogens is 186 g/mol. The third kappa shape index (κ3) is 4.52. The van der Waals surface area contributed by atoms with Crippen molar-refractivity contribution in [2.45, 2.75) is 59.0 Å². The minimum atomic E-state index is -0.551. The maximum atomic E-state index is 9.83. The molecule has 1 N–H and O–H groups in total. The minimum Gasteiger partial charge on any atom is -0.389 e. The Kier molecular flexibility index (Phi) is 4.19. The summed E-state index contributed by atoms with van der Waals surface area (Å²) < 4.78 is 0. The van der Waals surface area contributed by atoms with Crippen LogP contribution >= 0.6 is 0 Å². The van der Waals surface area contributed by atoms with E-state index in [-0.39, 0.29) is 0 Å². The van der Waals surface area contributed by atoms with Crippen molar-refractivity contribution in [1.82, 2.24) is 4.90 Å². The third-order valence-electron chi connectivity index (χ3n) is 3.32. The lowest BCUT2D eigenvalue weighted by Crippen LogP contribution is -2.47. The molecule has 0 saturated carbocycles. The molecule has 1 saturated heterocycles. The number of piperidine rings is 1. The maximum absolute atomic E-state index is 9.83. The number of likely N-dealkylation sites (tertiary alicyclic amines) is 1. The van der Waals surface area contributed by atoms with E-state index in [2.05, 4.69) is 18.7 Å². The Bertz CT molecular complexity index is 193. The van der Waals surface area contributed by atoms with Crippen molar-refractivity contribution >= 4 is 0 Å². The van der Waals surface area contributed by atoms with Gasteiger partial charge in [-0.1, -0.05) is 20.3 Å². The molecule has 2 nitrogen and oxygen atoms in total. The van der Waals surface area contributed by atoms with Gasteiger partial charge in [-0.05, 0) is 45.1 Å². The number of hydrogen-bond acceptors (Lipinski definition) is 2. The Morgan fingerprint density at radius 3 is 2.60 bits per heavy atom. The monoisotopic (exact) mass is 213 g/mol. The molecule has 1 fully saturated rings. The predicted molar refractivity (Wildman–Crippen MR) is 65.0 cm³/mol. The van der Waals surface area contributed by atoms with Crippen LogP contribution in [0.15, 0.2) is 0 Å². The lowest BCUT2D eigenvalue weighted by Gasteiger charge is -2.42. The summed E-state index contributed by atoms with van der Waals surface area (Å²) in [5, 5.41) is 9.83. The van der Waals surface area contributed by atoms with Gasteiger partial charge in [0.25, 0.3) is 0 Å². The summed E-state index contributed by atoms with van der Waals surface area (Å²) >= 11 is 0. The van der Waals surface area contributed by atoms with Crippen LogP contribution in [0.3, 0.4) is 0 Å². The predicted octanol–water partition coefficient (Wildman–Crippen LogP) is 2.66. The molecule has 0 bridgehead atoms. The first kappa shape index (κ1) is 13.0. The summed E-state index contributed by atoms with van der Waals surface area (Å²) in [4.78, 5) is 2.43. The van der Waals surface area contributed by atoms with Gasteiger partial charge < -0.3 is 5.11 Å². The van der Waals surface area contributed by atoms with Gasteiger partial charge in [-0.2, -0.15) is 0 Å². The lowest BCUT2D eigenvalue weighted by atomic mass is 9.78. The number of β-amino-alcohol motifs (C(OH)–C–C–N with tert-alkyl or cyclic N) is 1. The Morgan fingerprint density at radius 2 is 2.07 bits per heavy atom. The van der Waals surface area contributed by atoms with Crippen molar-refractivity contribution < 1.29 is 5.11 Å². The molecule has 2 heteroatoms. The summed E-state index contributed by atoms with van der Waals surface area (Å²) in [6.07, 6.45) is 5.22. The van der Waals surface area contributed by atoms with Gasteiger partial charge in [0.15, 0.2) is 0 Å². The molecule has 1 unspecified atom stereocenters. The van der Waals surface area contributed by atoms with Crippen LogP contribution in [0.2, 0.25) is 0 Å². The highest BCUT2D eigenvalue weighted by Crippen LogP contribution is 2.34. The topological polar surface area (TPSA) is 23.5 Å². The zero-order valence-corrected chi connectivity index (χ0v) is 10.8. The second-order valence-electron chi connectivity index (χ2n) is 6.19. The highest BCUT2D eigenvalue weighted by atomic mass is 16.3. The molecule has 1 heterocycles. The van der Waals surface area contributed by atoms with Gasteiger partial charge in [0.05, 0.1) is 5.60 Å². The third-order valence-corrected chi connectivity index (χ3v) is 3.32. The van der Waals surface area contributed by atoms with Crippen LogP contribution in [0, 0.1) is 5.41 Å². The van der Waals surface area contributed by atoms with E-state index in [4.69, 9.17) is 0 Å². The molecule has 1 aliphatic heterocycles. The SMILES string of the molecule is CCCC1(C)CCCN(CC(C)(C)O)C1. The molecule has 0 spiro atoms. The Labute approximate surface area is 94.7 Å². The number of nitrogens with zero attached hydrogens (tertiary/aromatic N) is 1. The van der Waals surface area contributed by atoms with E-state index < -0.39 is 5.60 Å². The highest BCUT2D eigenvalue weighted by molar-refractivity contribution is 4.85. The van der Waals surface area contributed by atoms with E-state index in [1.54, 1.807) is 0 Å². The number of aliphatic hydroxyl groups is 1. The number of hydrogen-bond donors (Lipinski definition) is 1. The molecule has 1 rings (SSSR count). The van der Waals surface area contributed by atoms with Crippen molar-refractivity contribution in [2.24, 2.45) is 5.41 Å². The molecule has 1 atom stereocenters. The van der Waals surface area contributed by atoms with E-state index in [1.165, 1.54) is 25.7 Å². The molecule has 90 valence electrons. The van der Waals surface area contributed by atoms with E-state index >= 15 is 0 Å². The van der Waals surface area contributed by atoms with Gasteiger partial charge in [0.2, 0.25) is 0 Å². The van der Waals surface area contributed by atoms with Crippen LogP contribution in [0.5, 0.6) is 0 Å². The van der Waals surface area contributed by atoms with Crippen molar-refractivity contribution in [2.75, 3.05) is 19.6 Å². The molecule has 0 aromatic rings. The molecular formula is C13H27NO. The van der Waals surface area contributed by atoms with Crippen LogP contribution < -0.4 is 0 Å². The van der Waals surface area contributed by atoms with E-state index in [1.807, 2.05) is 13.8 Å². The number of rotatable bonds is 4.